The number of carbonyl (C=O) groups is 1. The lowest BCUT2D eigenvalue weighted by atomic mass is 10.0. The molecule has 1 aliphatic rings. The van der Waals surface area contributed by atoms with Crippen LogP contribution in [0.5, 0.6) is 0 Å². The fraction of sp³-hybridized carbons (Fsp3) is 0.238. The summed E-state index contributed by atoms with van der Waals surface area (Å²) in [5.74, 6) is -0.394. The third-order valence-electron chi connectivity index (χ3n) is 4.69. The predicted molar refractivity (Wildman–Crippen MR) is 115 cm³/mol. The summed E-state index contributed by atoms with van der Waals surface area (Å²) in [5, 5.41) is 5.13. The van der Waals surface area contributed by atoms with Crippen LogP contribution in [-0.4, -0.2) is 25.4 Å². The van der Waals surface area contributed by atoms with Gasteiger partial charge in [0.2, 0.25) is 10.0 Å². The summed E-state index contributed by atoms with van der Waals surface area (Å²) in [6.45, 7) is 4.07. The molecule has 0 radical (unpaired) electrons. The van der Waals surface area contributed by atoms with E-state index in [1.807, 2.05) is 31.4 Å². The molecule has 0 saturated heterocycles. The van der Waals surface area contributed by atoms with Crippen LogP contribution in [0.1, 0.15) is 34.3 Å². The number of anilines is 1. The maximum absolute atomic E-state index is 12.6. The molecule has 0 spiro atoms. The van der Waals surface area contributed by atoms with Crippen molar-refractivity contribution in [3.8, 4) is 11.3 Å². The van der Waals surface area contributed by atoms with Gasteiger partial charge >= 0.3 is 0 Å². The van der Waals surface area contributed by atoms with Crippen LogP contribution in [0, 0.1) is 13.8 Å². The van der Waals surface area contributed by atoms with E-state index in [9.17, 15) is 13.2 Å². The van der Waals surface area contributed by atoms with Crippen molar-refractivity contribution in [2.75, 3.05) is 5.32 Å². The molecule has 8 heteroatoms. The highest BCUT2D eigenvalue weighted by Crippen LogP contribution is 2.28. The number of amides is 1. The van der Waals surface area contributed by atoms with Gasteiger partial charge in [-0.1, -0.05) is 29.8 Å². The summed E-state index contributed by atoms with van der Waals surface area (Å²) in [6, 6.07) is 12.2. The number of carbonyl (C=O) groups excluding carboxylic acids is 1. The lowest BCUT2D eigenvalue weighted by molar-refractivity contribution is 0.102. The van der Waals surface area contributed by atoms with Crippen LogP contribution in [0.15, 0.2) is 52.7 Å². The van der Waals surface area contributed by atoms with Crippen LogP contribution in [0.25, 0.3) is 11.3 Å². The maximum atomic E-state index is 12.6. The lowest BCUT2D eigenvalue weighted by Crippen LogP contribution is -2.26. The average molecular weight is 428 g/mol. The number of hydrogen-bond acceptors (Lipinski definition) is 5. The van der Waals surface area contributed by atoms with Crippen molar-refractivity contribution in [3.05, 3.63) is 64.5 Å². The molecule has 3 aromatic rings. The van der Waals surface area contributed by atoms with Gasteiger partial charge in [0.05, 0.1) is 10.6 Å². The molecule has 6 nitrogen and oxygen atoms in total. The van der Waals surface area contributed by atoms with Gasteiger partial charge in [0.25, 0.3) is 5.91 Å². The van der Waals surface area contributed by atoms with Crippen molar-refractivity contribution in [2.45, 2.75) is 37.6 Å². The third-order valence-corrected chi connectivity index (χ3v) is 6.96. The molecular formula is C21H21N3O3S2. The Morgan fingerprint density at radius 1 is 1.14 bits per heavy atom. The maximum Gasteiger partial charge on any atom is 0.257 e. The number of sulfonamides is 1. The van der Waals surface area contributed by atoms with Crippen LogP contribution in [0.3, 0.4) is 0 Å². The van der Waals surface area contributed by atoms with Gasteiger partial charge < -0.3 is 0 Å². The number of thiazole rings is 1. The number of nitrogens with one attached hydrogen (secondary N) is 2. The standard InChI is InChI=1S/C21H21N3O3S2/c1-13-6-9-18(14(2)10-13)19-12-28-21(22-19)23-20(25)15-4-3-5-17(11-15)29(26,27)24-16-7-8-16/h3-6,9-12,16,24H,7-8H2,1-2H3,(H,22,23,25). The number of nitrogens with zero attached hydrogens (tertiary/aromatic N) is 1. The van der Waals surface area contributed by atoms with Crippen LogP contribution in [-0.2, 0) is 10.0 Å². The summed E-state index contributed by atoms with van der Waals surface area (Å²) in [6.07, 6.45) is 1.71. The zero-order valence-electron chi connectivity index (χ0n) is 16.1. The Bertz CT molecular complexity index is 1180. The second kappa shape index (κ2) is 7.70. The van der Waals surface area contributed by atoms with Crippen molar-refractivity contribution in [2.24, 2.45) is 0 Å². The molecule has 0 atom stereocenters. The minimum absolute atomic E-state index is 0.0106. The van der Waals surface area contributed by atoms with E-state index in [4.69, 9.17) is 0 Å². The van der Waals surface area contributed by atoms with Crippen molar-refractivity contribution < 1.29 is 13.2 Å². The number of aryl methyl sites for hydroxylation is 2. The Kier molecular flexibility index (Phi) is 5.24. The zero-order chi connectivity index (χ0) is 20.6. The van der Waals surface area contributed by atoms with Crippen LogP contribution >= 0.6 is 11.3 Å². The zero-order valence-corrected chi connectivity index (χ0v) is 17.7. The summed E-state index contributed by atoms with van der Waals surface area (Å²) >= 11 is 1.33. The number of benzene rings is 2. The Balaban J connectivity index is 1.51. The van der Waals surface area contributed by atoms with E-state index in [-0.39, 0.29) is 16.5 Å². The van der Waals surface area contributed by atoms with Crippen molar-refractivity contribution >= 4 is 32.4 Å². The van der Waals surface area contributed by atoms with Crippen molar-refractivity contribution in [1.29, 1.82) is 0 Å². The van der Waals surface area contributed by atoms with Crippen molar-refractivity contribution in [1.82, 2.24) is 9.71 Å². The molecule has 0 bridgehead atoms. The molecule has 1 aliphatic carbocycles. The largest absolute Gasteiger partial charge is 0.298 e. The fourth-order valence-corrected chi connectivity index (χ4v) is 5.07. The van der Waals surface area contributed by atoms with E-state index in [1.165, 1.54) is 29.0 Å². The van der Waals surface area contributed by atoms with Gasteiger partial charge in [-0.2, -0.15) is 0 Å². The monoisotopic (exact) mass is 427 g/mol. The Labute approximate surface area is 174 Å². The van der Waals surface area contributed by atoms with Gasteiger partial charge in [0.15, 0.2) is 5.13 Å². The summed E-state index contributed by atoms with van der Waals surface area (Å²) < 4.78 is 27.4. The van der Waals surface area contributed by atoms with Crippen LogP contribution in [0.4, 0.5) is 5.13 Å². The molecule has 4 rings (SSSR count). The Hall–Kier alpha value is -2.55. The minimum Gasteiger partial charge on any atom is -0.298 e. The van der Waals surface area contributed by atoms with E-state index < -0.39 is 15.9 Å². The molecule has 2 aromatic carbocycles. The Morgan fingerprint density at radius 2 is 1.93 bits per heavy atom. The normalized spacial score (nSPS) is 14.0. The highest BCUT2D eigenvalue weighted by molar-refractivity contribution is 7.89. The Morgan fingerprint density at radius 3 is 2.66 bits per heavy atom. The first-order valence-corrected chi connectivity index (χ1v) is 11.6. The molecule has 1 amide bonds. The molecule has 1 heterocycles. The second-order valence-electron chi connectivity index (χ2n) is 7.23. The van der Waals surface area contributed by atoms with E-state index in [0.29, 0.717) is 5.13 Å². The first kappa shape index (κ1) is 19.8. The van der Waals surface area contributed by atoms with E-state index in [1.54, 1.807) is 12.1 Å². The van der Waals surface area contributed by atoms with Gasteiger partial charge in [0.1, 0.15) is 0 Å². The molecule has 29 heavy (non-hydrogen) atoms. The summed E-state index contributed by atoms with van der Waals surface area (Å²) in [4.78, 5) is 17.2. The topological polar surface area (TPSA) is 88.2 Å². The third kappa shape index (κ3) is 4.55. The fourth-order valence-electron chi connectivity index (χ4n) is 3.02. The predicted octanol–water partition coefficient (Wildman–Crippen LogP) is 4.12. The molecule has 0 aliphatic heterocycles. The highest BCUT2D eigenvalue weighted by Gasteiger charge is 2.28. The van der Waals surface area contributed by atoms with Gasteiger partial charge in [-0.25, -0.2) is 18.1 Å². The summed E-state index contributed by atoms with van der Waals surface area (Å²) in [7, 11) is -3.61. The lowest BCUT2D eigenvalue weighted by Gasteiger charge is -2.07. The molecule has 0 unspecified atom stereocenters. The van der Waals surface area contributed by atoms with Gasteiger partial charge in [-0.3, -0.25) is 10.1 Å². The quantitative estimate of drug-likeness (QED) is 0.619. The van der Waals surface area contributed by atoms with Gasteiger partial charge in [-0.15, -0.1) is 11.3 Å². The summed E-state index contributed by atoms with van der Waals surface area (Å²) in [5.41, 5.74) is 4.39. The minimum atomic E-state index is -3.61. The number of aromatic nitrogens is 1. The molecule has 1 saturated carbocycles. The molecule has 2 N–H and O–H groups in total. The SMILES string of the molecule is Cc1ccc(-c2csc(NC(=O)c3cccc(S(=O)(=O)NC4CC4)c3)n2)c(C)c1. The first-order chi connectivity index (χ1) is 13.8. The van der Waals surface area contributed by atoms with Gasteiger partial charge in [-0.05, 0) is 50.5 Å². The highest BCUT2D eigenvalue weighted by atomic mass is 32.2. The molecule has 1 fully saturated rings. The van der Waals surface area contributed by atoms with E-state index in [0.717, 1.165) is 29.7 Å². The number of hydrogen-bond donors (Lipinski definition) is 2. The van der Waals surface area contributed by atoms with E-state index in [2.05, 4.69) is 21.1 Å². The second-order valence-corrected chi connectivity index (χ2v) is 9.81. The number of rotatable bonds is 6. The molecule has 150 valence electrons. The smallest absolute Gasteiger partial charge is 0.257 e. The molecule has 1 aromatic heterocycles. The average Bonchev–Trinajstić information content (AvgIpc) is 3.36. The first-order valence-electron chi connectivity index (χ1n) is 9.29. The van der Waals surface area contributed by atoms with Crippen LogP contribution < -0.4 is 10.0 Å². The molecular weight excluding hydrogens is 406 g/mol. The van der Waals surface area contributed by atoms with E-state index >= 15 is 0 Å². The van der Waals surface area contributed by atoms with Crippen LogP contribution in [0.2, 0.25) is 0 Å². The van der Waals surface area contributed by atoms with Crippen molar-refractivity contribution in [3.63, 3.8) is 0 Å². The van der Waals surface area contributed by atoms with Gasteiger partial charge in [0, 0.05) is 22.5 Å².